The molecule has 1 unspecified atom stereocenters. The second-order valence-corrected chi connectivity index (χ2v) is 5.00. The topological polar surface area (TPSA) is 62.9 Å². The van der Waals surface area contributed by atoms with Crippen LogP contribution in [0.5, 0.6) is 5.75 Å². The molecule has 6 heteroatoms. The van der Waals surface area contributed by atoms with Crippen molar-refractivity contribution in [3.8, 4) is 5.75 Å². The molecule has 112 valence electrons. The van der Waals surface area contributed by atoms with E-state index in [1.54, 1.807) is 7.11 Å². The third kappa shape index (κ3) is 5.16. The van der Waals surface area contributed by atoms with E-state index in [1.165, 1.54) is 6.42 Å². The van der Waals surface area contributed by atoms with E-state index in [9.17, 15) is 0 Å². The van der Waals surface area contributed by atoms with Gasteiger partial charge >= 0.3 is 0 Å². The van der Waals surface area contributed by atoms with Crippen LogP contribution >= 0.6 is 24.0 Å². The highest BCUT2D eigenvalue weighted by Crippen LogP contribution is 2.16. The molecule has 5 nitrogen and oxygen atoms in total. The van der Waals surface area contributed by atoms with E-state index in [2.05, 4.69) is 22.3 Å². The molecular weight excluding hydrogens is 367 g/mol. The maximum Gasteiger partial charge on any atom is 0.193 e. The summed E-state index contributed by atoms with van der Waals surface area (Å²) in [5.41, 5.74) is 6.80. The Bertz CT molecular complexity index is 435. The van der Waals surface area contributed by atoms with E-state index in [-0.39, 0.29) is 24.0 Å². The van der Waals surface area contributed by atoms with Crippen molar-refractivity contribution in [2.24, 2.45) is 16.6 Å². The molecule has 0 amide bonds. The number of hydrogen-bond acceptors (Lipinski definition) is 3. The molecule has 0 saturated carbocycles. The van der Waals surface area contributed by atoms with Gasteiger partial charge in [-0.15, -0.1) is 24.0 Å². The van der Waals surface area contributed by atoms with Crippen molar-refractivity contribution in [2.45, 2.75) is 6.42 Å². The standard InChI is InChI=1S/C14H22N4O.HI/c1-18-8-7-11(10-18)9-16-14(15)17-12-3-5-13(19-2)6-4-12;/h3-6,11H,7-10H2,1-2H3,(H3,15,16,17);1H. The van der Waals surface area contributed by atoms with E-state index < -0.39 is 0 Å². The molecule has 0 spiro atoms. The number of hydrogen-bond donors (Lipinski definition) is 2. The molecule has 3 N–H and O–H groups in total. The number of nitrogens with one attached hydrogen (secondary N) is 1. The van der Waals surface area contributed by atoms with Crippen molar-refractivity contribution in [1.29, 1.82) is 0 Å². The molecule has 2 rings (SSSR count). The Labute approximate surface area is 137 Å². The quantitative estimate of drug-likeness (QED) is 0.469. The number of ether oxygens (including phenoxy) is 1. The lowest BCUT2D eigenvalue weighted by atomic mass is 10.1. The fourth-order valence-corrected chi connectivity index (χ4v) is 2.26. The van der Waals surface area contributed by atoms with E-state index >= 15 is 0 Å². The van der Waals surface area contributed by atoms with Crippen molar-refractivity contribution in [2.75, 3.05) is 39.1 Å². The minimum absolute atomic E-state index is 0. The first-order chi connectivity index (χ1) is 9.17. The predicted molar refractivity (Wildman–Crippen MR) is 94.1 cm³/mol. The van der Waals surface area contributed by atoms with Crippen LogP contribution in [0.25, 0.3) is 0 Å². The minimum atomic E-state index is 0. The van der Waals surface area contributed by atoms with Crippen LogP contribution in [0.1, 0.15) is 6.42 Å². The monoisotopic (exact) mass is 390 g/mol. The number of nitrogens with zero attached hydrogens (tertiary/aromatic N) is 2. The second kappa shape index (κ2) is 8.31. The van der Waals surface area contributed by atoms with Crippen LogP contribution < -0.4 is 15.8 Å². The zero-order valence-corrected chi connectivity index (χ0v) is 14.3. The van der Waals surface area contributed by atoms with Crippen LogP contribution in [0.4, 0.5) is 5.69 Å². The largest absolute Gasteiger partial charge is 0.497 e. The number of methoxy groups -OCH3 is 1. The third-order valence-electron chi connectivity index (χ3n) is 3.37. The van der Waals surface area contributed by atoms with Crippen molar-refractivity contribution >= 4 is 35.6 Å². The van der Waals surface area contributed by atoms with Gasteiger partial charge in [0, 0.05) is 18.8 Å². The van der Waals surface area contributed by atoms with Gasteiger partial charge in [-0.05, 0) is 50.2 Å². The molecule has 1 aliphatic rings. The van der Waals surface area contributed by atoms with Crippen molar-refractivity contribution < 1.29 is 4.74 Å². The van der Waals surface area contributed by atoms with Crippen LogP contribution in [0, 0.1) is 5.92 Å². The van der Waals surface area contributed by atoms with Gasteiger partial charge < -0.3 is 20.7 Å². The van der Waals surface area contributed by atoms with E-state index in [1.807, 2.05) is 24.3 Å². The molecule has 1 saturated heterocycles. The number of rotatable bonds is 4. The van der Waals surface area contributed by atoms with Gasteiger partial charge in [0.15, 0.2) is 5.96 Å². The lowest BCUT2D eigenvalue weighted by molar-refractivity contribution is 0.397. The second-order valence-electron chi connectivity index (χ2n) is 5.00. The highest BCUT2D eigenvalue weighted by molar-refractivity contribution is 14.0. The summed E-state index contributed by atoms with van der Waals surface area (Å²) in [6.45, 7) is 3.06. The van der Waals surface area contributed by atoms with Gasteiger partial charge in [0.2, 0.25) is 0 Å². The zero-order valence-electron chi connectivity index (χ0n) is 12.0. The van der Waals surface area contributed by atoms with Crippen molar-refractivity contribution in [3.63, 3.8) is 0 Å². The van der Waals surface area contributed by atoms with E-state index in [0.29, 0.717) is 11.9 Å². The van der Waals surface area contributed by atoms with Crippen LogP contribution in [-0.4, -0.2) is 44.7 Å². The third-order valence-corrected chi connectivity index (χ3v) is 3.37. The Hall–Kier alpha value is -1.02. The molecule has 1 atom stereocenters. The zero-order chi connectivity index (χ0) is 13.7. The first-order valence-electron chi connectivity index (χ1n) is 6.57. The fraction of sp³-hybridized carbons (Fsp3) is 0.500. The number of anilines is 1. The SMILES string of the molecule is COc1ccc(NC(N)=NCC2CCN(C)C2)cc1.I. The van der Waals surface area contributed by atoms with Gasteiger partial charge in [-0.2, -0.15) is 0 Å². The average molecular weight is 390 g/mol. The van der Waals surface area contributed by atoms with Crippen LogP contribution in [-0.2, 0) is 0 Å². The first-order valence-corrected chi connectivity index (χ1v) is 6.57. The molecule has 1 aliphatic heterocycles. The highest BCUT2D eigenvalue weighted by atomic mass is 127. The minimum Gasteiger partial charge on any atom is -0.497 e. The summed E-state index contributed by atoms with van der Waals surface area (Å²) in [4.78, 5) is 6.73. The number of guanidine groups is 1. The predicted octanol–water partition coefficient (Wildman–Crippen LogP) is 1.99. The Morgan fingerprint density at radius 2 is 2.15 bits per heavy atom. The van der Waals surface area contributed by atoms with Crippen LogP contribution in [0.15, 0.2) is 29.3 Å². The molecule has 0 bridgehead atoms. The van der Waals surface area contributed by atoms with E-state index in [4.69, 9.17) is 10.5 Å². The number of benzene rings is 1. The summed E-state index contributed by atoms with van der Waals surface area (Å²) in [7, 11) is 3.79. The summed E-state index contributed by atoms with van der Waals surface area (Å²) < 4.78 is 5.11. The molecular formula is C14H23IN4O. The number of nitrogens with two attached hydrogens (primary N) is 1. The van der Waals surface area contributed by atoms with Crippen LogP contribution in [0.2, 0.25) is 0 Å². The number of halogens is 1. The maximum atomic E-state index is 5.88. The summed E-state index contributed by atoms with van der Waals surface area (Å²) >= 11 is 0. The Morgan fingerprint density at radius 1 is 1.45 bits per heavy atom. The summed E-state index contributed by atoms with van der Waals surface area (Å²) in [5.74, 6) is 1.93. The normalized spacial score (nSPS) is 19.5. The van der Waals surface area contributed by atoms with E-state index in [0.717, 1.165) is 31.1 Å². The average Bonchev–Trinajstić information content (AvgIpc) is 2.83. The van der Waals surface area contributed by atoms with Gasteiger partial charge in [-0.1, -0.05) is 0 Å². The Balaban J connectivity index is 0.00000200. The summed E-state index contributed by atoms with van der Waals surface area (Å²) in [6.07, 6.45) is 1.20. The van der Waals surface area contributed by atoms with Gasteiger partial charge in [0.25, 0.3) is 0 Å². The maximum absolute atomic E-state index is 5.88. The molecule has 0 radical (unpaired) electrons. The summed E-state index contributed by atoms with van der Waals surface area (Å²) in [5, 5.41) is 3.09. The molecule has 20 heavy (non-hydrogen) atoms. The van der Waals surface area contributed by atoms with Gasteiger partial charge in [0.1, 0.15) is 5.75 Å². The van der Waals surface area contributed by atoms with Gasteiger partial charge in [-0.3, -0.25) is 4.99 Å². The van der Waals surface area contributed by atoms with Crippen LogP contribution in [0.3, 0.4) is 0 Å². The van der Waals surface area contributed by atoms with Crippen molar-refractivity contribution in [1.82, 2.24) is 4.90 Å². The molecule has 0 aliphatic carbocycles. The number of likely N-dealkylation sites (tertiary alicyclic amines) is 1. The van der Waals surface area contributed by atoms with Crippen molar-refractivity contribution in [3.05, 3.63) is 24.3 Å². The Kier molecular flexibility index (Phi) is 7.08. The summed E-state index contributed by atoms with van der Waals surface area (Å²) in [6, 6.07) is 7.62. The molecule has 1 aromatic rings. The van der Waals surface area contributed by atoms with Gasteiger partial charge in [-0.25, -0.2) is 0 Å². The molecule has 0 aromatic heterocycles. The highest BCUT2D eigenvalue weighted by Gasteiger charge is 2.18. The Morgan fingerprint density at radius 3 is 2.70 bits per heavy atom. The van der Waals surface area contributed by atoms with Gasteiger partial charge in [0.05, 0.1) is 7.11 Å². The smallest absolute Gasteiger partial charge is 0.193 e. The molecule has 1 fully saturated rings. The number of aliphatic imine (C=N–C) groups is 1. The lowest BCUT2D eigenvalue weighted by Crippen LogP contribution is -2.24. The first kappa shape index (κ1) is 17.0. The molecule has 1 aromatic carbocycles. The lowest BCUT2D eigenvalue weighted by Gasteiger charge is -2.09. The fourth-order valence-electron chi connectivity index (χ4n) is 2.26. The molecule has 1 heterocycles.